The van der Waals surface area contributed by atoms with Crippen LogP contribution in [-0.4, -0.2) is 41.4 Å². The van der Waals surface area contributed by atoms with Crippen molar-refractivity contribution in [2.24, 2.45) is 0 Å². The van der Waals surface area contributed by atoms with Gasteiger partial charge in [0, 0.05) is 25.2 Å². The van der Waals surface area contributed by atoms with Crippen LogP contribution in [0.3, 0.4) is 0 Å². The summed E-state index contributed by atoms with van der Waals surface area (Å²) in [4.78, 5) is 14.4. The summed E-state index contributed by atoms with van der Waals surface area (Å²) in [5.41, 5.74) is 1.34. The largest absolute Gasteiger partial charge is 0.351 e. The Labute approximate surface area is 126 Å². The monoisotopic (exact) mass is 292 g/mol. The molecule has 0 aromatic heterocycles. The first-order chi connectivity index (χ1) is 9.61. The van der Waals surface area contributed by atoms with Crippen molar-refractivity contribution in [3.05, 3.63) is 35.9 Å². The number of nitrogens with one attached hydrogen (secondary N) is 1. The molecule has 2 rings (SSSR count). The number of rotatable bonds is 5. The van der Waals surface area contributed by atoms with Crippen LogP contribution < -0.4 is 5.32 Å². The highest BCUT2D eigenvalue weighted by Crippen LogP contribution is 2.24. The van der Waals surface area contributed by atoms with Gasteiger partial charge in [0.1, 0.15) is 0 Å². The number of likely N-dealkylation sites (tertiary alicyclic amines) is 1. The summed E-state index contributed by atoms with van der Waals surface area (Å²) in [6.45, 7) is 6.20. The third-order valence-corrected chi connectivity index (χ3v) is 5.04. The zero-order valence-electron chi connectivity index (χ0n) is 12.5. The van der Waals surface area contributed by atoms with Gasteiger partial charge in [-0.25, -0.2) is 0 Å². The average Bonchev–Trinajstić information content (AvgIpc) is 2.94. The molecule has 0 radical (unpaired) electrons. The first kappa shape index (κ1) is 15.4. The van der Waals surface area contributed by atoms with Gasteiger partial charge in [0.2, 0.25) is 5.91 Å². The third-order valence-electron chi connectivity index (χ3n) is 4.12. The maximum atomic E-state index is 11.9. The van der Waals surface area contributed by atoms with E-state index in [9.17, 15) is 4.79 Å². The van der Waals surface area contributed by atoms with E-state index in [1.54, 1.807) is 11.8 Å². The van der Waals surface area contributed by atoms with Crippen LogP contribution in [0.5, 0.6) is 0 Å². The minimum atomic E-state index is 0.0376. The molecule has 0 bridgehead atoms. The molecule has 1 amide bonds. The second-order valence-corrected chi connectivity index (χ2v) is 6.63. The van der Waals surface area contributed by atoms with Crippen LogP contribution in [0.2, 0.25) is 0 Å². The van der Waals surface area contributed by atoms with Crippen molar-refractivity contribution in [2.75, 3.05) is 19.3 Å². The van der Waals surface area contributed by atoms with E-state index in [4.69, 9.17) is 0 Å². The maximum absolute atomic E-state index is 11.9. The highest BCUT2D eigenvalue weighted by Gasteiger charge is 2.28. The Morgan fingerprint density at radius 1 is 1.35 bits per heavy atom. The first-order valence-corrected chi connectivity index (χ1v) is 8.52. The van der Waals surface area contributed by atoms with Gasteiger partial charge >= 0.3 is 0 Å². The van der Waals surface area contributed by atoms with E-state index in [1.165, 1.54) is 5.56 Å². The van der Waals surface area contributed by atoms with Gasteiger partial charge in [-0.2, -0.15) is 11.8 Å². The molecule has 1 heterocycles. The van der Waals surface area contributed by atoms with E-state index >= 15 is 0 Å². The van der Waals surface area contributed by atoms with E-state index in [1.807, 2.05) is 19.2 Å². The van der Waals surface area contributed by atoms with E-state index in [0.717, 1.165) is 19.5 Å². The Kier molecular flexibility index (Phi) is 5.49. The van der Waals surface area contributed by atoms with Gasteiger partial charge in [0.05, 0.1) is 5.25 Å². The van der Waals surface area contributed by atoms with E-state index in [0.29, 0.717) is 12.1 Å². The molecule has 1 aromatic carbocycles. The first-order valence-electron chi connectivity index (χ1n) is 7.24. The van der Waals surface area contributed by atoms with Crippen LogP contribution in [0.1, 0.15) is 31.9 Å². The smallest absolute Gasteiger partial charge is 0.233 e. The lowest BCUT2D eigenvalue weighted by Gasteiger charge is -2.25. The molecule has 0 unspecified atom stereocenters. The Balaban J connectivity index is 1.88. The molecule has 1 aliphatic rings. The van der Waals surface area contributed by atoms with Crippen molar-refractivity contribution in [3.63, 3.8) is 0 Å². The molecule has 1 fully saturated rings. The van der Waals surface area contributed by atoms with Gasteiger partial charge < -0.3 is 5.32 Å². The molecule has 4 heteroatoms. The van der Waals surface area contributed by atoms with Crippen LogP contribution in [0.4, 0.5) is 0 Å². The quantitative estimate of drug-likeness (QED) is 0.905. The molecular formula is C16H24N2OS. The molecule has 3 nitrogen and oxygen atoms in total. The fraction of sp³-hybridized carbons (Fsp3) is 0.562. The number of hydrogen-bond donors (Lipinski definition) is 1. The second kappa shape index (κ2) is 7.14. The predicted octanol–water partition coefficient (Wildman–Crippen LogP) is 2.69. The summed E-state index contributed by atoms with van der Waals surface area (Å²) < 4.78 is 0. The number of thioether (sulfide) groups is 1. The summed E-state index contributed by atoms with van der Waals surface area (Å²) in [5.74, 6) is 0.164. The third kappa shape index (κ3) is 3.76. The summed E-state index contributed by atoms with van der Waals surface area (Å²) in [6, 6.07) is 11.3. The van der Waals surface area contributed by atoms with Crippen LogP contribution in [-0.2, 0) is 4.79 Å². The summed E-state index contributed by atoms with van der Waals surface area (Å²) in [6.07, 6.45) is 3.02. The van der Waals surface area contributed by atoms with Crippen molar-refractivity contribution in [1.82, 2.24) is 10.2 Å². The lowest BCUT2D eigenvalue weighted by molar-refractivity contribution is -0.120. The van der Waals surface area contributed by atoms with Crippen LogP contribution in [0, 0.1) is 0 Å². The number of carbonyl (C=O) groups excluding carboxylic acids is 1. The Morgan fingerprint density at radius 3 is 2.70 bits per heavy atom. The molecule has 0 saturated carbocycles. The summed E-state index contributed by atoms with van der Waals surface area (Å²) in [5, 5.41) is 3.20. The standard InChI is InChI=1S/C16H24N2OS/c1-12(14-7-5-4-6-8-14)18-10-9-15(11-18)17-16(19)13(2)20-3/h4-8,12-13,15H,9-11H2,1-3H3,(H,17,19)/t12-,13+,15+/m0/s1. The van der Waals surface area contributed by atoms with Gasteiger partial charge in [-0.1, -0.05) is 30.3 Å². The van der Waals surface area contributed by atoms with E-state index in [2.05, 4.69) is 41.4 Å². The van der Waals surface area contributed by atoms with Crippen LogP contribution >= 0.6 is 11.8 Å². The molecule has 1 saturated heterocycles. The van der Waals surface area contributed by atoms with Gasteiger partial charge in [0.25, 0.3) is 0 Å². The molecule has 0 spiro atoms. The molecule has 20 heavy (non-hydrogen) atoms. The molecular weight excluding hydrogens is 268 g/mol. The normalized spacial score (nSPS) is 22.4. The minimum absolute atomic E-state index is 0.0376. The van der Waals surface area contributed by atoms with E-state index in [-0.39, 0.29) is 11.2 Å². The summed E-state index contributed by atoms with van der Waals surface area (Å²) in [7, 11) is 0. The SMILES string of the molecule is CS[C@H](C)C(=O)N[C@@H]1CCN([C@@H](C)c2ccccc2)C1. The molecule has 3 atom stereocenters. The van der Waals surface area contributed by atoms with Crippen molar-refractivity contribution in [3.8, 4) is 0 Å². The molecule has 0 aliphatic carbocycles. The lowest BCUT2D eigenvalue weighted by atomic mass is 10.1. The Hall–Kier alpha value is -1.00. The van der Waals surface area contributed by atoms with Crippen LogP contribution in [0.25, 0.3) is 0 Å². The lowest BCUT2D eigenvalue weighted by Crippen LogP contribution is -2.41. The van der Waals surface area contributed by atoms with E-state index < -0.39 is 0 Å². The number of hydrogen-bond acceptors (Lipinski definition) is 3. The molecule has 1 N–H and O–H groups in total. The van der Waals surface area contributed by atoms with Gasteiger partial charge in [-0.05, 0) is 32.1 Å². The highest BCUT2D eigenvalue weighted by atomic mass is 32.2. The Morgan fingerprint density at radius 2 is 2.05 bits per heavy atom. The highest BCUT2D eigenvalue weighted by molar-refractivity contribution is 7.99. The van der Waals surface area contributed by atoms with Gasteiger partial charge in [0.15, 0.2) is 0 Å². The van der Waals surface area contributed by atoms with Crippen molar-refractivity contribution in [2.45, 2.75) is 37.6 Å². The fourth-order valence-electron chi connectivity index (χ4n) is 2.62. The zero-order chi connectivity index (χ0) is 14.5. The number of amides is 1. The minimum Gasteiger partial charge on any atom is -0.351 e. The van der Waals surface area contributed by atoms with Crippen molar-refractivity contribution >= 4 is 17.7 Å². The average molecular weight is 292 g/mol. The summed E-state index contributed by atoms with van der Waals surface area (Å²) >= 11 is 1.59. The van der Waals surface area contributed by atoms with Crippen molar-refractivity contribution in [1.29, 1.82) is 0 Å². The predicted molar refractivity (Wildman–Crippen MR) is 86.0 cm³/mol. The topological polar surface area (TPSA) is 32.3 Å². The van der Waals surface area contributed by atoms with Gasteiger partial charge in [-0.15, -0.1) is 0 Å². The maximum Gasteiger partial charge on any atom is 0.233 e. The van der Waals surface area contributed by atoms with Crippen molar-refractivity contribution < 1.29 is 4.79 Å². The fourth-order valence-corrected chi connectivity index (χ4v) is 2.91. The molecule has 1 aromatic rings. The molecule has 110 valence electrons. The molecule has 1 aliphatic heterocycles. The number of carbonyl (C=O) groups is 1. The second-order valence-electron chi connectivity index (χ2n) is 5.45. The number of nitrogens with zero attached hydrogens (tertiary/aromatic N) is 1. The van der Waals surface area contributed by atoms with Gasteiger partial charge in [-0.3, -0.25) is 9.69 Å². The number of benzene rings is 1. The zero-order valence-corrected chi connectivity index (χ0v) is 13.3. The van der Waals surface area contributed by atoms with Crippen LogP contribution in [0.15, 0.2) is 30.3 Å². The Bertz CT molecular complexity index is 437.